The molecule has 3 aromatic rings. The van der Waals surface area contributed by atoms with Crippen LogP contribution in [-0.2, 0) is 9.59 Å². The van der Waals surface area contributed by atoms with Crippen LogP contribution < -0.4 is 4.74 Å². The van der Waals surface area contributed by atoms with E-state index in [0.717, 1.165) is 41.1 Å². The van der Waals surface area contributed by atoms with Crippen molar-refractivity contribution in [3.05, 3.63) is 71.3 Å². The highest BCUT2D eigenvalue weighted by molar-refractivity contribution is 8.26. The van der Waals surface area contributed by atoms with E-state index in [4.69, 9.17) is 27.2 Å². The number of hydrogen-bond donors (Lipinski definition) is 1. The smallest absolute Gasteiger partial charge is 0.303 e. The SMILES string of the molecule is CCCOc1ccc(-c2nn(-c3ccccc3)cc2C=C2SC(=S)N(CCCCCC(=O)O)C2=O)cc1. The summed E-state index contributed by atoms with van der Waals surface area (Å²) in [4.78, 5) is 26.0. The van der Waals surface area contributed by atoms with Crippen LogP contribution in [-0.4, -0.2) is 49.1 Å². The zero-order valence-electron chi connectivity index (χ0n) is 20.6. The summed E-state index contributed by atoms with van der Waals surface area (Å²) in [5, 5.41) is 13.6. The Balaban J connectivity index is 1.58. The first-order valence-electron chi connectivity index (χ1n) is 12.3. The van der Waals surface area contributed by atoms with Crippen LogP contribution in [0.4, 0.5) is 0 Å². The predicted molar refractivity (Wildman–Crippen MR) is 151 cm³/mol. The number of thiocarbonyl (C=S) groups is 1. The molecule has 0 spiro atoms. The van der Waals surface area contributed by atoms with Crippen LogP contribution in [0.15, 0.2) is 65.7 Å². The van der Waals surface area contributed by atoms with E-state index in [2.05, 4.69) is 6.92 Å². The zero-order chi connectivity index (χ0) is 26.2. The fourth-order valence-electron chi connectivity index (χ4n) is 3.92. The largest absolute Gasteiger partial charge is 0.494 e. The first kappa shape index (κ1) is 26.6. The standard InChI is InChI=1S/C28H29N3O4S2/c1-2-17-35-23-14-12-20(13-15-23)26-21(19-31(29-26)22-9-5-3-6-10-22)18-24-27(34)30(28(36)37-24)16-8-4-7-11-25(32)33/h3,5-6,9-10,12-15,18-19H,2,4,7-8,11,16-17H2,1H3,(H,32,33). The van der Waals surface area contributed by atoms with Gasteiger partial charge in [-0.15, -0.1) is 0 Å². The second-order valence-corrected chi connectivity index (χ2v) is 10.3. The molecule has 37 heavy (non-hydrogen) atoms. The number of benzene rings is 2. The lowest BCUT2D eigenvalue weighted by molar-refractivity contribution is -0.137. The van der Waals surface area contributed by atoms with Gasteiger partial charge in [0.2, 0.25) is 0 Å². The van der Waals surface area contributed by atoms with Crippen molar-refractivity contribution >= 4 is 46.3 Å². The van der Waals surface area contributed by atoms with Crippen molar-refractivity contribution in [1.82, 2.24) is 14.7 Å². The molecule has 0 bridgehead atoms. The van der Waals surface area contributed by atoms with Crippen LogP contribution >= 0.6 is 24.0 Å². The molecule has 1 aliphatic rings. The Morgan fingerprint density at radius 2 is 1.86 bits per heavy atom. The van der Waals surface area contributed by atoms with E-state index in [1.807, 2.05) is 71.6 Å². The Hall–Kier alpha value is -3.43. The summed E-state index contributed by atoms with van der Waals surface area (Å²) in [6.45, 7) is 3.21. The van der Waals surface area contributed by atoms with Gasteiger partial charge in [0.25, 0.3) is 5.91 Å². The molecule has 7 nitrogen and oxygen atoms in total. The van der Waals surface area contributed by atoms with Gasteiger partial charge >= 0.3 is 5.97 Å². The fourth-order valence-corrected chi connectivity index (χ4v) is 5.22. The van der Waals surface area contributed by atoms with E-state index in [1.165, 1.54) is 11.8 Å². The number of carboxylic acid groups (broad SMARTS) is 1. The van der Waals surface area contributed by atoms with E-state index in [9.17, 15) is 9.59 Å². The van der Waals surface area contributed by atoms with Crippen LogP contribution in [0.2, 0.25) is 0 Å². The summed E-state index contributed by atoms with van der Waals surface area (Å²) in [7, 11) is 0. The minimum atomic E-state index is -0.802. The van der Waals surface area contributed by atoms with E-state index < -0.39 is 5.97 Å². The lowest BCUT2D eigenvalue weighted by atomic mass is 10.1. The Labute approximate surface area is 226 Å². The quantitative estimate of drug-likeness (QED) is 0.169. The molecule has 2 heterocycles. The zero-order valence-corrected chi connectivity index (χ0v) is 22.3. The first-order valence-corrected chi connectivity index (χ1v) is 13.5. The molecule has 0 atom stereocenters. The molecule has 0 aliphatic carbocycles. The number of carbonyl (C=O) groups is 2. The van der Waals surface area contributed by atoms with Crippen LogP contribution in [0.5, 0.6) is 5.75 Å². The van der Waals surface area contributed by atoms with Gasteiger partial charge in [-0.25, -0.2) is 4.68 Å². The molecular weight excluding hydrogens is 506 g/mol. The maximum absolute atomic E-state index is 13.2. The number of aromatic nitrogens is 2. The van der Waals surface area contributed by atoms with Crippen LogP contribution in [0.3, 0.4) is 0 Å². The summed E-state index contributed by atoms with van der Waals surface area (Å²) in [5.74, 6) is -0.127. The predicted octanol–water partition coefficient (Wildman–Crippen LogP) is 6.17. The third kappa shape index (κ3) is 6.87. The van der Waals surface area contributed by atoms with E-state index in [-0.39, 0.29) is 12.3 Å². The van der Waals surface area contributed by atoms with Gasteiger partial charge in [0.05, 0.1) is 22.9 Å². The number of para-hydroxylation sites is 1. The average molecular weight is 536 g/mol. The maximum Gasteiger partial charge on any atom is 0.303 e. The first-order chi connectivity index (χ1) is 18.0. The summed E-state index contributed by atoms with van der Waals surface area (Å²) in [6.07, 6.45) is 6.87. The molecule has 0 radical (unpaired) electrons. The van der Waals surface area contributed by atoms with Crippen molar-refractivity contribution in [2.75, 3.05) is 13.2 Å². The molecule has 1 aliphatic heterocycles. The van der Waals surface area contributed by atoms with Gasteiger partial charge in [0.1, 0.15) is 10.1 Å². The molecule has 2 aromatic carbocycles. The van der Waals surface area contributed by atoms with Crippen molar-refractivity contribution in [2.24, 2.45) is 0 Å². The number of hydrogen-bond acceptors (Lipinski definition) is 6. The lowest BCUT2D eigenvalue weighted by Crippen LogP contribution is -2.29. The second kappa shape index (κ2) is 12.7. The van der Waals surface area contributed by atoms with Gasteiger partial charge in [-0.2, -0.15) is 5.10 Å². The molecule has 1 saturated heterocycles. The van der Waals surface area contributed by atoms with Crippen LogP contribution in [0.1, 0.15) is 44.6 Å². The molecule has 0 saturated carbocycles. The third-order valence-electron chi connectivity index (χ3n) is 5.80. The molecule has 1 N–H and O–H groups in total. The van der Waals surface area contributed by atoms with E-state index >= 15 is 0 Å². The summed E-state index contributed by atoms with van der Waals surface area (Å²) >= 11 is 6.77. The van der Waals surface area contributed by atoms with Gasteiger partial charge in [-0.1, -0.05) is 55.5 Å². The van der Waals surface area contributed by atoms with Crippen molar-refractivity contribution in [1.29, 1.82) is 0 Å². The monoisotopic (exact) mass is 535 g/mol. The van der Waals surface area contributed by atoms with Gasteiger partial charge in [0.15, 0.2) is 0 Å². The Morgan fingerprint density at radius 3 is 2.57 bits per heavy atom. The molecule has 1 fully saturated rings. The number of unbranched alkanes of at least 4 members (excludes halogenated alkanes) is 2. The summed E-state index contributed by atoms with van der Waals surface area (Å²) < 4.78 is 8.05. The van der Waals surface area contributed by atoms with E-state index in [0.29, 0.717) is 35.2 Å². The minimum absolute atomic E-state index is 0.130. The number of thioether (sulfide) groups is 1. The molecule has 1 aromatic heterocycles. The average Bonchev–Trinajstić information content (AvgIpc) is 3.44. The van der Waals surface area contributed by atoms with Crippen molar-refractivity contribution < 1.29 is 19.4 Å². The highest BCUT2D eigenvalue weighted by Crippen LogP contribution is 2.35. The lowest BCUT2D eigenvalue weighted by Gasteiger charge is -2.13. The number of nitrogens with zero attached hydrogens (tertiary/aromatic N) is 3. The van der Waals surface area contributed by atoms with Gasteiger partial charge in [-0.3, -0.25) is 14.5 Å². The number of rotatable bonds is 12. The van der Waals surface area contributed by atoms with Crippen molar-refractivity contribution in [3.63, 3.8) is 0 Å². The molecule has 4 rings (SSSR count). The van der Waals surface area contributed by atoms with Gasteiger partial charge in [-0.05, 0) is 61.7 Å². The number of carboxylic acids is 1. The number of amides is 1. The summed E-state index contributed by atoms with van der Waals surface area (Å²) in [5.41, 5.74) is 3.40. The van der Waals surface area contributed by atoms with E-state index in [1.54, 1.807) is 4.90 Å². The number of aliphatic carboxylic acids is 1. The molecule has 192 valence electrons. The van der Waals surface area contributed by atoms with Crippen molar-refractivity contribution in [2.45, 2.75) is 39.0 Å². The minimum Gasteiger partial charge on any atom is -0.494 e. The third-order valence-corrected chi connectivity index (χ3v) is 7.17. The highest BCUT2D eigenvalue weighted by atomic mass is 32.2. The van der Waals surface area contributed by atoms with Gasteiger partial charge < -0.3 is 9.84 Å². The second-order valence-electron chi connectivity index (χ2n) is 8.62. The normalized spacial score (nSPS) is 14.5. The Kier molecular flexibility index (Phi) is 9.14. The maximum atomic E-state index is 13.2. The molecule has 1 amide bonds. The molecule has 0 unspecified atom stereocenters. The fraction of sp³-hybridized carbons (Fsp3) is 0.286. The van der Waals surface area contributed by atoms with Crippen LogP contribution in [0, 0.1) is 0 Å². The number of ether oxygens (including phenoxy) is 1. The Morgan fingerprint density at radius 1 is 1.11 bits per heavy atom. The van der Waals surface area contributed by atoms with Crippen LogP contribution in [0.25, 0.3) is 23.0 Å². The van der Waals surface area contributed by atoms with Gasteiger partial charge in [0, 0.05) is 30.3 Å². The number of carbonyl (C=O) groups excluding carboxylic acids is 1. The molecular formula is C28H29N3O4S2. The molecule has 9 heteroatoms. The highest BCUT2D eigenvalue weighted by Gasteiger charge is 2.32. The Bertz CT molecular complexity index is 1290. The van der Waals surface area contributed by atoms with Crippen molar-refractivity contribution in [3.8, 4) is 22.7 Å². The topological polar surface area (TPSA) is 84.7 Å². The summed E-state index contributed by atoms with van der Waals surface area (Å²) in [6, 6.07) is 17.6.